The van der Waals surface area contributed by atoms with E-state index in [9.17, 15) is 9.36 Å². The summed E-state index contributed by atoms with van der Waals surface area (Å²) in [5.41, 5.74) is -0.533. The van der Waals surface area contributed by atoms with Crippen LogP contribution in [-0.2, 0) is 25.0 Å². The Morgan fingerprint density at radius 3 is 2.44 bits per heavy atom. The molecule has 0 atom stereocenters. The van der Waals surface area contributed by atoms with E-state index in [0.29, 0.717) is 5.76 Å². The summed E-state index contributed by atoms with van der Waals surface area (Å²) in [6, 6.07) is 1.43. The summed E-state index contributed by atoms with van der Waals surface area (Å²) in [6.07, 6.45) is 1.34. The molecule has 0 saturated heterocycles. The predicted octanol–water partition coefficient (Wildman–Crippen LogP) is 2.83. The van der Waals surface area contributed by atoms with Crippen molar-refractivity contribution in [2.24, 2.45) is 0 Å². The number of methoxy groups -OCH3 is 1. The summed E-state index contributed by atoms with van der Waals surface area (Å²) < 4.78 is 32.3. The molecule has 0 aromatic carbocycles. The van der Waals surface area contributed by atoms with Crippen molar-refractivity contribution < 1.29 is 27.6 Å². The number of hydrogen-bond donors (Lipinski definition) is 0. The van der Waals surface area contributed by atoms with E-state index in [1.165, 1.54) is 19.4 Å². The molecule has 0 bridgehead atoms. The molecule has 0 spiro atoms. The van der Waals surface area contributed by atoms with Crippen molar-refractivity contribution in [3.8, 4) is 0 Å². The van der Waals surface area contributed by atoms with E-state index in [0.717, 1.165) is 0 Å². The van der Waals surface area contributed by atoms with Gasteiger partial charge in [-0.05, 0) is 19.9 Å². The zero-order valence-corrected chi connectivity index (χ0v) is 11.6. The van der Waals surface area contributed by atoms with E-state index in [-0.39, 0.29) is 25.4 Å². The monoisotopic (exact) mass is 276 g/mol. The quantitative estimate of drug-likeness (QED) is 0.679. The maximum atomic E-state index is 12.3. The summed E-state index contributed by atoms with van der Waals surface area (Å²) in [6.45, 7) is 3.65. The van der Waals surface area contributed by atoms with E-state index >= 15 is 0 Å². The average Bonchev–Trinajstić information content (AvgIpc) is 2.77. The van der Waals surface area contributed by atoms with Crippen LogP contribution in [0, 0.1) is 0 Å². The van der Waals surface area contributed by atoms with Gasteiger partial charge in [-0.25, -0.2) is 0 Å². The summed E-state index contributed by atoms with van der Waals surface area (Å²) in [5.74, 6) is 0.308. The Balaban J connectivity index is 3.02. The fraction of sp³-hybridized carbons (Fsp3) is 0.545. The van der Waals surface area contributed by atoms with Crippen LogP contribution < -0.4 is 0 Å². The van der Waals surface area contributed by atoms with Gasteiger partial charge in [-0.2, -0.15) is 0 Å². The first-order valence-corrected chi connectivity index (χ1v) is 7.12. The number of furan rings is 1. The minimum atomic E-state index is -3.80. The van der Waals surface area contributed by atoms with Gasteiger partial charge in [0.25, 0.3) is 5.52 Å². The number of carbonyl (C=O) groups is 1. The first kappa shape index (κ1) is 15.1. The highest BCUT2D eigenvalue weighted by Gasteiger charge is 2.37. The Hall–Kier alpha value is -0.940. The number of carbonyl (C=O) groups excluding carboxylic acids is 1. The van der Waals surface area contributed by atoms with E-state index in [2.05, 4.69) is 0 Å². The van der Waals surface area contributed by atoms with Crippen molar-refractivity contribution in [1.82, 2.24) is 0 Å². The van der Waals surface area contributed by atoms with Crippen molar-refractivity contribution >= 4 is 13.1 Å². The van der Waals surface area contributed by atoms with Gasteiger partial charge in [-0.3, -0.25) is 9.36 Å². The van der Waals surface area contributed by atoms with Crippen molar-refractivity contribution in [2.45, 2.75) is 20.5 Å². The van der Waals surface area contributed by atoms with Crippen molar-refractivity contribution in [3.63, 3.8) is 0 Å². The summed E-state index contributed by atoms with van der Waals surface area (Å²) >= 11 is 0. The minimum Gasteiger partial charge on any atom is -0.466 e. The van der Waals surface area contributed by atoms with Gasteiger partial charge in [0.05, 0.1) is 25.0 Å². The Labute approximate surface area is 106 Å². The lowest BCUT2D eigenvalue weighted by atomic mass is 10.3. The van der Waals surface area contributed by atoms with Crippen LogP contribution in [0.4, 0.5) is 0 Å². The topological polar surface area (TPSA) is 75.0 Å². The molecule has 1 rings (SSSR count). The summed E-state index contributed by atoms with van der Waals surface area (Å²) in [5, 5.41) is 0. The normalized spacial score (nSPS) is 11.7. The first-order valence-electron chi connectivity index (χ1n) is 5.58. The van der Waals surface area contributed by atoms with Gasteiger partial charge < -0.3 is 18.2 Å². The van der Waals surface area contributed by atoms with Crippen LogP contribution in [0.15, 0.2) is 16.7 Å². The Morgan fingerprint density at radius 1 is 1.33 bits per heavy atom. The zero-order chi connectivity index (χ0) is 13.6. The Kier molecular flexibility index (Phi) is 5.75. The molecule has 0 aliphatic heterocycles. The molecule has 0 saturated carbocycles. The first-order chi connectivity index (χ1) is 8.59. The van der Waals surface area contributed by atoms with Gasteiger partial charge in [0, 0.05) is 7.11 Å². The Bertz CT molecular complexity index is 428. The predicted molar refractivity (Wildman–Crippen MR) is 64.6 cm³/mol. The van der Waals surface area contributed by atoms with E-state index < -0.39 is 13.1 Å². The molecule has 6 nitrogen and oxygen atoms in total. The van der Waals surface area contributed by atoms with Crippen LogP contribution in [0.5, 0.6) is 0 Å². The maximum absolute atomic E-state index is 12.3. The van der Waals surface area contributed by atoms with Crippen LogP contribution in [0.25, 0.3) is 0 Å². The highest BCUT2D eigenvalue weighted by Crippen LogP contribution is 2.51. The van der Waals surface area contributed by atoms with Gasteiger partial charge in [-0.15, -0.1) is 0 Å². The lowest BCUT2D eigenvalue weighted by molar-refractivity contribution is 0.0992. The molecule has 0 amide bonds. The lowest BCUT2D eigenvalue weighted by Crippen LogP contribution is -2.09. The van der Waals surface area contributed by atoms with Crippen LogP contribution in [0.1, 0.15) is 30.0 Å². The molecule has 0 unspecified atom stereocenters. The minimum absolute atomic E-state index is 0.117. The molecule has 102 valence electrons. The van der Waals surface area contributed by atoms with E-state index in [4.69, 9.17) is 18.2 Å². The van der Waals surface area contributed by atoms with Crippen LogP contribution >= 0.6 is 7.60 Å². The van der Waals surface area contributed by atoms with Crippen LogP contribution in [0.3, 0.4) is 0 Å². The smallest absolute Gasteiger partial charge is 0.401 e. The van der Waals surface area contributed by atoms with Gasteiger partial charge >= 0.3 is 7.60 Å². The molecule has 0 N–H and O–H groups in total. The molecule has 1 aromatic rings. The van der Waals surface area contributed by atoms with Crippen LogP contribution in [-0.4, -0.2) is 25.8 Å². The third kappa shape index (κ3) is 3.29. The standard InChI is InChI=1S/C11H17O6P/c1-4-16-18(13,17-5-2)11(12)9-6-7-15-10(9)8-14-3/h6-7H,4-5,8H2,1-3H3. The molecule has 0 fully saturated rings. The Morgan fingerprint density at radius 2 is 1.94 bits per heavy atom. The third-order valence-electron chi connectivity index (χ3n) is 2.10. The number of ether oxygens (including phenoxy) is 1. The zero-order valence-electron chi connectivity index (χ0n) is 10.7. The molecule has 0 aliphatic carbocycles. The molecule has 7 heteroatoms. The molecular formula is C11H17O6P. The lowest BCUT2D eigenvalue weighted by Gasteiger charge is -2.15. The summed E-state index contributed by atoms with van der Waals surface area (Å²) in [7, 11) is -2.33. The van der Waals surface area contributed by atoms with Gasteiger partial charge in [0.1, 0.15) is 12.4 Å². The van der Waals surface area contributed by atoms with Gasteiger partial charge in [0.2, 0.25) is 0 Å². The molecule has 0 aliphatic rings. The molecule has 18 heavy (non-hydrogen) atoms. The highest BCUT2D eigenvalue weighted by molar-refractivity contribution is 7.72. The van der Waals surface area contributed by atoms with E-state index in [1.54, 1.807) is 13.8 Å². The third-order valence-corrected chi connectivity index (χ3v) is 4.03. The second kappa shape index (κ2) is 6.85. The largest absolute Gasteiger partial charge is 0.466 e. The SMILES string of the molecule is CCOP(=O)(OCC)C(=O)c1ccoc1COC. The fourth-order valence-corrected chi connectivity index (χ4v) is 2.90. The fourth-order valence-electron chi connectivity index (χ4n) is 1.42. The second-order valence-electron chi connectivity index (χ2n) is 3.33. The van der Waals surface area contributed by atoms with Crippen molar-refractivity contribution in [2.75, 3.05) is 20.3 Å². The number of rotatable bonds is 8. The van der Waals surface area contributed by atoms with Gasteiger partial charge in [0.15, 0.2) is 0 Å². The molecule has 1 heterocycles. The number of hydrogen-bond acceptors (Lipinski definition) is 6. The average molecular weight is 276 g/mol. The molecule has 1 aromatic heterocycles. The molecule has 0 radical (unpaired) electrons. The van der Waals surface area contributed by atoms with Crippen LogP contribution in [0.2, 0.25) is 0 Å². The van der Waals surface area contributed by atoms with Crippen molar-refractivity contribution in [3.05, 3.63) is 23.7 Å². The van der Waals surface area contributed by atoms with E-state index in [1.807, 2.05) is 0 Å². The maximum Gasteiger partial charge on any atom is 0.401 e. The molecular weight excluding hydrogens is 259 g/mol. The van der Waals surface area contributed by atoms with Gasteiger partial charge in [-0.1, -0.05) is 0 Å². The summed E-state index contributed by atoms with van der Waals surface area (Å²) in [4.78, 5) is 12.2. The second-order valence-corrected chi connectivity index (χ2v) is 5.25. The van der Waals surface area contributed by atoms with Crippen molar-refractivity contribution in [1.29, 1.82) is 0 Å². The highest BCUT2D eigenvalue weighted by atomic mass is 31.2.